The third-order valence-corrected chi connectivity index (χ3v) is 8.26. The van der Waals surface area contributed by atoms with E-state index in [2.05, 4.69) is 13.2 Å². The number of sulfone groups is 1. The molecule has 0 N–H and O–H groups in total. The van der Waals surface area contributed by atoms with Crippen LogP contribution in [0.2, 0.25) is 0 Å². The summed E-state index contributed by atoms with van der Waals surface area (Å²) in [7, 11) is -3.94. The number of benzene rings is 4. The Balaban J connectivity index is 1.25. The lowest BCUT2D eigenvalue weighted by Crippen LogP contribution is -2.07. The third-order valence-electron chi connectivity index (χ3n) is 6.48. The number of carbonyl (C=O) groups is 4. The number of rotatable bonds is 16. The van der Waals surface area contributed by atoms with Gasteiger partial charge in [-0.3, -0.25) is 0 Å². The van der Waals surface area contributed by atoms with Crippen LogP contribution in [0, 0.1) is 0 Å². The quantitative estimate of drug-likeness (QED) is 0.0589. The molecule has 12 nitrogen and oxygen atoms in total. The number of ether oxygens (including phenoxy) is 6. The molecule has 0 saturated carbocycles. The summed E-state index contributed by atoms with van der Waals surface area (Å²) in [4.78, 5) is 46.6. The highest BCUT2D eigenvalue weighted by Crippen LogP contribution is 2.25. The fraction of sp³-hybridized carbons (Fsp3) is 0.0526. The molecule has 4 rings (SSSR count). The standard InChI is InChI=1S/C38H30O12S/c1-3-35(39)47-25-45-29-11-5-27(6-12-29)9-23-37(41)49-31-15-19-33(20-16-31)51(43,44)34-21-17-32(18-22-34)50-38(42)24-10-28-7-13-30(14-8-28)46-26-48-36(40)4-2/h3-24H,1-2,25-26H2. The first-order valence-electron chi connectivity index (χ1n) is 14.8. The van der Waals surface area contributed by atoms with Gasteiger partial charge in [-0.05, 0) is 96.1 Å². The first-order chi connectivity index (χ1) is 24.5. The Labute approximate surface area is 293 Å². The van der Waals surface area contributed by atoms with E-state index in [1.54, 1.807) is 48.5 Å². The first-order valence-corrected chi connectivity index (χ1v) is 16.3. The molecule has 0 aliphatic heterocycles. The molecule has 0 atom stereocenters. The molecule has 260 valence electrons. The van der Waals surface area contributed by atoms with E-state index in [1.165, 1.54) is 72.8 Å². The molecule has 0 aliphatic carbocycles. The Bertz CT molecular complexity index is 1890. The zero-order valence-electron chi connectivity index (χ0n) is 26.8. The lowest BCUT2D eigenvalue weighted by Gasteiger charge is -2.08. The molecule has 0 bridgehead atoms. The molecule has 0 aliphatic rings. The SMILES string of the molecule is C=CC(=O)OCOc1ccc(C=CC(=O)Oc2ccc(S(=O)(=O)c3ccc(OC(=O)C=Cc4ccc(OCOC(=O)C=C)cc4)cc3)cc2)cc1. The highest BCUT2D eigenvalue weighted by molar-refractivity contribution is 7.91. The van der Waals surface area contributed by atoms with Crippen molar-refractivity contribution in [1.82, 2.24) is 0 Å². The molecule has 0 saturated heterocycles. The second kappa shape index (κ2) is 18.1. The predicted octanol–water partition coefficient (Wildman–Crippen LogP) is 5.89. The van der Waals surface area contributed by atoms with Crippen LogP contribution in [0.15, 0.2) is 144 Å². The van der Waals surface area contributed by atoms with Crippen molar-refractivity contribution in [2.24, 2.45) is 0 Å². The number of esters is 4. The smallest absolute Gasteiger partial charge is 0.336 e. The predicted molar refractivity (Wildman–Crippen MR) is 184 cm³/mol. The van der Waals surface area contributed by atoms with Crippen molar-refractivity contribution < 1.29 is 56.0 Å². The van der Waals surface area contributed by atoms with Gasteiger partial charge in [-0.25, -0.2) is 27.6 Å². The number of hydrogen-bond acceptors (Lipinski definition) is 12. The molecular weight excluding hydrogens is 680 g/mol. The van der Waals surface area contributed by atoms with Gasteiger partial charge < -0.3 is 28.4 Å². The van der Waals surface area contributed by atoms with Gasteiger partial charge in [0.1, 0.15) is 23.0 Å². The summed E-state index contributed by atoms with van der Waals surface area (Å²) in [6, 6.07) is 23.9. The van der Waals surface area contributed by atoms with Gasteiger partial charge in [-0.2, -0.15) is 0 Å². The maximum Gasteiger partial charge on any atom is 0.336 e. The number of carbonyl (C=O) groups excluding carboxylic acids is 4. The summed E-state index contributed by atoms with van der Waals surface area (Å²) in [5.41, 5.74) is 1.34. The summed E-state index contributed by atoms with van der Waals surface area (Å²) in [5.74, 6) is -1.42. The van der Waals surface area contributed by atoms with Gasteiger partial charge in [-0.15, -0.1) is 0 Å². The lowest BCUT2D eigenvalue weighted by atomic mass is 10.2. The van der Waals surface area contributed by atoms with Gasteiger partial charge in [0, 0.05) is 24.3 Å². The molecule has 4 aromatic rings. The molecule has 51 heavy (non-hydrogen) atoms. The summed E-state index contributed by atoms with van der Waals surface area (Å²) in [6.07, 6.45) is 7.50. The molecule has 4 aromatic carbocycles. The van der Waals surface area contributed by atoms with Crippen molar-refractivity contribution in [2.45, 2.75) is 9.79 Å². The Morgan fingerprint density at radius 2 is 0.824 bits per heavy atom. The van der Waals surface area contributed by atoms with E-state index in [0.717, 1.165) is 12.2 Å². The molecule has 0 spiro atoms. The number of hydrogen-bond donors (Lipinski definition) is 0. The van der Waals surface area contributed by atoms with Crippen molar-refractivity contribution in [3.63, 3.8) is 0 Å². The Morgan fingerprint density at radius 1 is 0.490 bits per heavy atom. The van der Waals surface area contributed by atoms with Crippen molar-refractivity contribution in [1.29, 1.82) is 0 Å². The van der Waals surface area contributed by atoms with Gasteiger partial charge >= 0.3 is 23.9 Å². The zero-order chi connectivity index (χ0) is 36.6. The Morgan fingerprint density at radius 3 is 1.16 bits per heavy atom. The van der Waals surface area contributed by atoms with E-state index in [4.69, 9.17) is 28.4 Å². The Hall–Kier alpha value is -6.73. The van der Waals surface area contributed by atoms with Gasteiger partial charge in [0.25, 0.3) is 0 Å². The van der Waals surface area contributed by atoms with Crippen molar-refractivity contribution in [3.05, 3.63) is 146 Å². The minimum absolute atomic E-state index is 0.0405. The molecule has 0 amide bonds. The maximum atomic E-state index is 13.2. The van der Waals surface area contributed by atoms with Crippen LogP contribution in [0.5, 0.6) is 23.0 Å². The first kappa shape index (κ1) is 37.1. The topological polar surface area (TPSA) is 158 Å². The van der Waals surface area contributed by atoms with Crippen LogP contribution in [-0.2, 0) is 38.5 Å². The fourth-order valence-corrected chi connectivity index (χ4v) is 5.18. The van der Waals surface area contributed by atoms with E-state index in [1.807, 2.05) is 0 Å². The zero-order valence-corrected chi connectivity index (χ0v) is 27.7. The fourth-order valence-electron chi connectivity index (χ4n) is 3.92. The summed E-state index contributed by atoms with van der Waals surface area (Å²) < 4.78 is 56.9. The molecular formula is C38H30O12S. The molecule has 0 heterocycles. The van der Waals surface area contributed by atoms with Gasteiger partial charge in [0.15, 0.2) is 0 Å². The van der Waals surface area contributed by atoms with Crippen LogP contribution in [0.3, 0.4) is 0 Å². The van der Waals surface area contributed by atoms with Crippen LogP contribution < -0.4 is 18.9 Å². The average Bonchev–Trinajstić information content (AvgIpc) is 3.14. The molecule has 0 unspecified atom stereocenters. The van der Waals surface area contributed by atoms with Gasteiger partial charge in [-0.1, -0.05) is 37.4 Å². The second-order valence-corrected chi connectivity index (χ2v) is 11.9. The van der Waals surface area contributed by atoms with E-state index in [0.29, 0.717) is 22.6 Å². The normalized spacial score (nSPS) is 11.0. The van der Waals surface area contributed by atoms with Crippen LogP contribution in [0.25, 0.3) is 12.2 Å². The van der Waals surface area contributed by atoms with Crippen molar-refractivity contribution in [3.8, 4) is 23.0 Å². The van der Waals surface area contributed by atoms with E-state index in [-0.39, 0.29) is 34.9 Å². The lowest BCUT2D eigenvalue weighted by molar-refractivity contribution is -0.145. The third kappa shape index (κ3) is 11.7. The second-order valence-electron chi connectivity index (χ2n) is 9.95. The highest BCUT2D eigenvalue weighted by Gasteiger charge is 2.18. The van der Waals surface area contributed by atoms with Crippen LogP contribution in [0.1, 0.15) is 11.1 Å². The molecule has 0 fully saturated rings. The minimum atomic E-state index is -3.94. The van der Waals surface area contributed by atoms with Crippen molar-refractivity contribution >= 4 is 45.9 Å². The summed E-state index contributed by atoms with van der Waals surface area (Å²) in [6.45, 7) is 6.04. The minimum Gasteiger partial charge on any atom is -0.457 e. The largest absolute Gasteiger partial charge is 0.457 e. The highest BCUT2D eigenvalue weighted by atomic mass is 32.2. The average molecular weight is 711 g/mol. The maximum absolute atomic E-state index is 13.2. The molecule has 0 radical (unpaired) electrons. The monoisotopic (exact) mass is 710 g/mol. The van der Waals surface area contributed by atoms with Crippen LogP contribution in [0.4, 0.5) is 0 Å². The van der Waals surface area contributed by atoms with Crippen LogP contribution in [-0.4, -0.2) is 45.9 Å². The van der Waals surface area contributed by atoms with E-state index < -0.39 is 33.7 Å². The summed E-state index contributed by atoms with van der Waals surface area (Å²) >= 11 is 0. The Kier molecular flexibility index (Phi) is 13.2. The van der Waals surface area contributed by atoms with E-state index in [9.17, 15) is 27.6 Å². The molecule has 0 aromatic heterocycles. The van der Waals surface area contributed by atoms with E-state index >= 15 is 0 Å². The van der Waals surface area contributed by atoms with Crippen LogP contribution >= 0.6 is 0 Å². The van der Waals surface area contributed by atoms with Gasteiger partial charge in [0.05, 0.1) is 9.79 Å². The van der Waals surface area contributed by atoms with Crippen molar-refractivity contribution in [2.75, 3.05) is 13.6 Å². The molecule has 13 heteroatoms. The van der Waals surface area contributed by atoms with Gasteiger partial charge in [0.2, 0.25) is 23.4 Å². The summed E-state index contributed by atoms with van der Waals surface area (Å²) in [5, 5.41) is 0.